The quantitative estimate of drug-likeness (QED) is 0.229. The predicted molar refractivity (Wildman–Crippen MR) is 142 cm³/mol. The fourth-order valence-corrected chi connectivity index (χ4v) is 6.47. The minimum atomic E-state index is -3.74. The number of anilines is 2. The van der Waals surface area contributed by atoms with Crippen molar-refractivity contribution >= 4 is 51.2 Å². The summed E-state index contributed by atoms with van der Waals surface area (Å²) in [6, 6.07) is 4.22. The summed E-state index contributed by atoms with van der Waals surface area (Å²) < 4.78 is 36.4. The molecular weight excluding hydrogens is 536 g/mol. The second-order valence-electron chi connectivity index (χ2n) is 10.1. The molecule has 4 aliphatic rings. The molecule has 38 heavy (non-hydrogen) atoms. The summed E-state index contributed by atoms with van der Waals surface area (Å²) in [5.41, 5.74) is 4.36. The van der Waals surface area contributed by atoms with Crippen LogP contribution in [0.3, 0.4) is 0 Å². The lowest BCUT2D eigenvalue weighted by Gasteiger charge is -2.36. The van der Waals surface area contributed by atoms with Crippen molar-refractivity contribution in [1.29, 1.82) is 0 Å². The number of hydrogen-bond acceptors (Lipinski definition) is 7. The molecule has 0 spiro atoms. The topological polar surface area (TPSA) is 118 Å². The van der Waals surface area contributed by atoms with Gasteiger partial charge in [0.15, 0.2) is 16.6 Å². The molecule has 2 amide bonds. The smallest absolute Gasteiger partial charge is 0.395 e. The van der Waals surface area contributed by atoms with Gasteiger partial charge in [-0.25, -0.2) is 5.84 Å². The number of nitrogens with two attached hydrogens (primary N) is 1. The first kappa shape index (κ1) is 25.3. The Labute approximate surface area is 227 Å². The largest absolute Gasteiger partial charge is 0.586 e. The molecule has 0 bridgehead atoms. The van der Waals surface area contributed by atoms with E-state index in [2.05, 4.69) is 25.5 Å². The van der Waals surface area contributed by atoms with Crippen molar-refractivity contribution in [1.82, 2.24) is 10.7 Å². The first-order valence-corrected chi connectivity index (χ1v) is 13.9. The Morgan fingerprint density at radius 3 is 2.63 bits per heavy atom. The van der Waals surface area contributed by atoms with Gasteiger partial charge in [0.1, 0.15) is 5.00 Å². The van der Waals surface area contributed by atoms with Crippen LogP contribution in [0.5, 0.6) is 11.5 Å². The first-order chi connectivity index (χ1) is 18.2. The van der Waals surface area contributed by atoms with E-state index in [0.29, 0.717) is 48.0 Å². The van der Waals surface area contributed by atoms with Crippen molar-refractivity contribution in [3.63, 3.8) is 0 Å². The molecule has 2 saturated carbocycles. The van der Waals surface area contributed by atoms with Gasteiger partial charge in [-0.3, -0.25) is 9.59 Å². The molecule has 2 aromatic rings. The molecule has 2 fully saturated rings. The number of rotatable bonds is 7. The van der Waals surface area contributed by atoms with E-state index in [0.717, 1.165) is 36.1 Å². The summed E-state index contributed by atoms with van der Waals surface area (Å²) in [5, 5.41) is 6.83. The minimum Gasteiger partial charge on any atom is -0.395 e. The second kappa shape index (κ2) is 9.62. The van der Waals surface area contributed by atoms with Crippen molar-refractivity contribution in [2.75, 3.05) is 16.8 Å². The van der Waals surface area contributed by atoms with Crippen molar-refractivity contribution in [3.8, 4) is 11.5 Å². The predicted octanol–water partition coefficient (Wildman–Crippen LogP) is 3.67. The summed E-state index contributed by atoms with van der Waals surface area (Å²) >= 11 is 6.96. The maximum absolute atomic E-state index is 13.6. The van der Waals surface area contributed by atoms with Crippen LogP contribution in [-0.2, 0) is 17.6 Å². The molecule has 0 radical (unpaired) electrons. The van der Waals surface area contributed by atoms with Crippen LogP contribution in [0.1, 0.15) is 52.9 Å². The third-order valence-corrected chi connectivity index (χ3v) is 8.79. The van der Waals surface area contributed by atoms with E-state index < -0.39 is 6.29 Å². The molecule has 0 saturated heterocycles. The van der Waals surface area contributed by atoms with Crippen LogP contribution >= 0.6 is 23.6 Å². The van der Waals surface area contributed by atoms with E-state index in [1.54, 1.807) is 11.0 Å². The maximum atomic E-state index is 13.6. The Balaban J connectivity index is 1.31. The molecular formula is C25H27F2N5O4S2. The fraction of sp³-hybridized carbons (Fsp3) is 0.480. The normalized spacial score (nSPS) is 20.9. The zero-order valence-electron chi connectivity index (χ0n) is 20.4. The Morgan fingerprint density at radius 2 is 1.92 bits per heavy atom. The van der Waals surface area contributed by atoms with Crippen molar-refractivity contribution in [2.24, 2.45) is 17.7 Å². The van der Waals surface area contributed by atoms with Gasteiger partial charge in [0.2, 0.25) is 5.91 Å². The van der Waals surface area contributed by atoms with Gasteiger partial charge in [0.05, 0.1) is 5.56 Å². The highest BCUT2D eigenvalue weighted by atomic mass is 32.1. The molecule has 1 aromatic carbocycles. The lowest BCUT2D eigenvalue weighted by molar-refractivity contribution is -0.286. The van der Waals surface area contributed by atoms with Crippen LogP contribution in [-0.4, -0.2) is 35.8 Å². The second-order valence-corrected chi connectivity index (χ2v) is 11.6. The van der Waals surface area contributed by atoms with Gasteiger partial charge in [-0.2, -0.15) is 0 Å². The van der Waals surface area contributed by atoms with Crippen LogP contribution < -0.4 is 36.3 Å². The summed E-state index contributed by atoms with van der Waals surface area (Å²) in [4.78, 5) is 28.8. The number of thiophene rings is 1. The zero-order chi connectivity index (χ0) is 26.6. The highest BCUT2D eigenvalue weighted by Crippen LogP contribution is 2.45. The number of halogens is 2. The number of aryl methyl sites for hydroxylation is 1. The van der Waals surface area contributed by atoms with Crippen molar-refractivity contribution in [3.05, 3.63) is 34.2 Å². The van der Waals surface area contributed by atoms with Gasteiger partial charge in [0, 0.05) is 35.1 Å². The summed E-state index contributed by atoms with van der Waals surface area (Å²) in [6.07, 6.45) is 1.97. The summed E-state index contributed by atoms with van der Waals surface area (Å²) in [5.74, 6) is 5.79. The number of hydrogen-bond donors (Lipinski definition) is 4. The average molecular weight is 564 g/mol. The summed E-state index contributed by atoms with van der Waals surface area (Å²) in [6.45, 7) is 0.609. The summed E-state index contributed by atoms with van der Waals surface area (Å²) in [7, 11) is 0. The van der Waals surface area contributed by atoms with Gasteiger partial charge in [-0.1, -0.05) is 0 Å². The Morgan fingerprint density at radius 1 is 1.16 bits per heavy atom. The van der Waals surface area contributed by atoms with Crippen LogP contribution in [0.2, 0.25) is 0 Å². The highest BCUT2D eigenvalue weighted by molar-refractivity contribution is 7.80. The third-order valence-electron chi connectivity index (χ3n) is 7.27. The number of hydrazine groups is 1. The fourth-order valence-electron chi connectivity index (χ4n) is 4.97. The van der Waals surface area contributed by atoms with E-state index in [-0.39, 0.29) is 40.4 Å². The molecule has 3 aliphatic carbocycles. The molecule has 202 valence electrons. The maximum Gasteiger partial charge on any atom is 0.586 e. The number of thiocarbonyl (C=S) groups is 1. The number of alkyl halides is 2. The lowest BCUT2D eigenvalue weighted by atomic mass is 9.90. The number of nitrogens with one attached hydrogen (secondary N) is 3. The number of amides is 2. The van der Waals surface area contributed by atoms with Gasteiger partial charge in [-0.05, 0) is 80.8 Å². The minimum absolute atomic E-state index is 0.00568. The van der Waals surface area contributed by atoms with Crippen molar-refractivity contribution in [2.45, 2.75) is 57.3 Å². The zero-order valence-corrected chi connectivity index (χ0v) is 22.0. The molecule has 5 N–H and O–H groups in total. The standard InChI is InChI=1S/C25H27F2N5O4S2/c26-25(27)35-17-7-5-15(10-18(17)36-25)32(24(37)31-28)14-6-8-19-16(9-14)20(22(34)29-11-12-1-2-12)23(38-19)30-21(33)13-3-4-13/h5,7,10,12-14H,1-4,6,8-9,11,28H2,(H,29,34)(H,30,33)(H,31,37)/t14-/m0/s1. The van der Waals surface area contributed by atoms with E-state index in [4.69, 9.17) is 18.1 Å². The van der Waals surface area contributed by atoms with Gasteiger partial charge >= 0.3 is 6.29 Å². The van der Waals surface area contributed by atoms with Crippen molar-refractivity contribution < 1.29 is 27.8 Å². The number of nitrogens with zero attached hydrogens (tertiary/aromatic N) is 1. The number of carbonyl (C=O) groups is 2. The van der Waals surface area contributed by atoms with Crippen LogP contribution in [0.25, 0.3) is 0 Å². The van der Waals surface area contributed by atoms with Gasteiger partial charge in [-0.15, -0.1) is 20.1 Å². The van der Waals surface area contributed by atoms with E-state index in [9.17, 15) is 18.4 Å². The van der Waals surface area contributed by atoms with Crippen LogP contribution in [0, 0.1) is 11.8 Å². The number of fused-ring (bicyclic) bond motifs is 2. The van der Waals surface area contributed by atoms with Gasteiger partial charge < -0.3 is 30.4 Å². The third kappa shape index (κ3) is 5.02. The SMILES string of the molecule is NNC(=S)N(c1ccc2c(c1)OC(F)(F)O2)[C@H]1CCc2sc(NC(=O)C3CC3)c(C(=O)NCC3CC3)c2C1. The monoisotopic (exact) mass is 563 g/mol. The molecule has 13 heteroatoms. The number of benzene rings is 1. The highest BCUT2D eigenvalue weighted by Gasteiger charge is 2.44. The molecule has 0 unspecified atom stereocenters. The molecule has 2 heterocycles. The Bertz CT molecular complexity index is 1310. The van der Waals surface area contributed by atoms with Crippen LogP contribution in [0.4, 0.5) is 19.5 Å². The van der Waals surface area contributed by atoms with Crippen LogP contribution in [0.15, 0.2) is 18.2 Å². The number of carbonyl (C=O) groups excluding carboxylic acids is 2. The molecule has 6 rings (SSSR count). The Hall–Kier alpha value is -3.03. The average Bonchev–Trinajstić information content (AvgIpc) is 3.80. The van der Waals surface area contributed by atoms with E-state index in [1.165, 1.54) is 23.5 Å². The Kier molecular flexibility index (Phi) is 6.39. The van der Waals surface area contributed by atoms with E-state index >= 15 is 0 Å². The molecule has 1 aliphatic heterocycles. The van der Waals surface area contributed by atoms with E-state index in [1.807, 2.05) is 0 Å². The van der Waals surface area contributed by atoms with Gasteiger partial charge in [0.25, 0.3) is 5.91 Å². The molecule has 1 atom stereocenters. The lowest BCUT2D eigenvalue weighted by Crippen LogP contribution is -2.50. The first-order valence-electron chi connectivity index (χ1n) is 12.7. The molecule has 1 aromatic heterocycles. The number of ether oxygens (including phenoxy) is 2. The molecule has 9 nitrogen and oxygen atoms in total.